The highest BCUT2D eigenvalue weighted by Gasteiger charge is 2.14. The zero-order valence-corrected chi connectivity index (χ0v) is 10.8. The van der Waals surface area contributed by atoms with Crippen molar-refractivity contribution >= 4 is 21.9 Å². The molecule has 0 spiro atoms. The van der Waals surface area contributed by atoms with Gasteiger partial charge in [-0.25, -0.2) is 13.6 Å². The van der Waals surface area contributed by atoms with Crippen molar-refractivity contribution in [1.29, 1.82) is 0 Å². The fourth-order valence-electron chi connectivity index (χ4n) is 1.55. The van der Waals surface area contributed by atoms with Crippen molar-refractivity contribution in [2.24, 2.45) is 0 Å². The van der Waals surface area contributed by atoms with E-state index < -0.39 is 23.2 Å². The Balaban J connectivity index is 2.75. The van der Waals surface area contributed by atoms with Crippen molar-refractivity contribution in [2.45, 2.75) is 0 Å². The number of carboxylic acids is 1. The summed E-state index contributed by atoms with van der Waals surface area (Å²) in [5.41, 5.74) is -1.05. The van der Waals surface area contributed by atoms with Crippen molar-refractivity contribution in [3.8, 4) is 5.69 Å². The number of aromatic carboxylic acids is 1. The van der Waals surface area contributed by atoms with Crippen LogP contribution < -0.4 is 5.56 Å². The summed E-state index contributed by atoms with van der Waals surface area (Å²) in [4.78, 5) is 22.5. The zero-order valence-electron chi connectivity index (χ0n) is 9.23. The molecule has 19 heavy (non-hydrogen) atoms. The fraction of sp³-hybridized carbons (Fsp3) is 0. The molecule has 0 radical (unpaired) electrons. The Morgan fingerprint density at radius 3 is 2.53 bits per heavy atom. The summed E-state index contributed by atoms with van der Waals surface area (Å²) in [5, 5.41) is 8.85. The number of halogens is 3. The quantitative estimate of drug-likeness (QED) is 0.921. The molecule has 0 aliphatic heterocycles. The molecular formula is C12H6BrF2NO3. The molecule has 98 valence electrons. The Kier molecular flexibility index (Phi) is 3.48. The summed E-state index contributed by atoms with van der Waals surface area (Å²) in [6.07, 6.45) is 0.978. The van der Waals surface area contributed by atoms with E-state index in [4.69, 9.17) is 5.11 Å². The molecule has 2 aromatic rings. The summed E-state index contributed by atoms with van der Waals surface area (Å²) in [7, 11) is 0. The third-order valence-electron chi connectivity index (χ3n) is 2.38. The van der Waals surface area contributed by atoms with Gasteiger partial charge in [0.05, 0.1) is 11.3 Å². The Morgan fingerprint density at radius 2 is 1.95 bits per heavy atom. The van der Waals surface area contributed by atoms with E-state index in [0.717, 1.165) is 29.0 Å². The third kappa shape index (κ3) is 2.55. The second kappa shape index (κ2) is 4.93. The van der Waals surface area contributed by atoms with Gasteiger partial charge in [-0.15, -0.1) is 0 Å². The maximum atomic E-state index is 13.7. The average Bonchev–Trinajstić information content (AvgIpc) is 2.29. The number of carbonyl (C=O) groups is 1. The van der Waals surface area contributed by atoms with Crippen LogP contribution in [0.15, 0.2) is 39.7 Å². The number of hydrogen-bond donors (Lipinski definition) is 1. The first-order valence-corrected chi connectivity index (χ1v) is 5.80. The van der Waals surface area contributed by atoms with Gasteiger partial charge in [0.25, 0.3) is 5.56 Å². The first-order chi connectivity index (χ1) is 8.90. The Hall–Kier alpha value is -2.02. The fourth-order valence-corrected chi connectivity index (χ4v) is 2.15. The topological polar surface area (TPSA) is 59.3 Å². The molecule has 2 rings (SSSR count). The van der Waals surface area contributed by atoms with E-state index in [1.165, 1.54) is 0 Å². The van der Waals surface area contributed by atoms with Crippen molar-refractivity contribution in [3.63, 3.8) is 0 Å². The molecule has 4 nitrogen and oxygen atoms in total. The first kappa shape index (κ1) is 13.4. The van der Waals surface area contributed by atoms with Crippen LogP contribution in [0.5, 0.6) is 0 Å². The molecule has 0 amide bonds. The van der Waals surface area contributed by atoms with Crippen molar-refractivity contribution in [3.05, 3.63) is 62.5 Å². The molecule has 0 saturated heterocycles. The Morgan fingerprint density at radius 1 is 1.26 bits per heavy atom. The molecule has 0 bridgehead atoms. The van der Waals surface area contributed by atoms with Crippen LogP contribution in [0.2, 0.25) is 0 Å². The number of rotatable bonds is 2. The number of hydrogen-bond acceptors (Lipinski definition) is 2. The number of nitrogens with zero attached hydrogens (tertiary/aromatic N) is 1. The van der Waals surface area contributed by atoms with E-state index in [2.05, 4.69) is 15.9 Å². The van der Waals surface area contributed by atoms with Gasteiger partial charge < -0.3 is 5.11 Å². The van der Waals surface area contributed by atoms with E-state index in [-0.39, 0.29) is 15.7 Å². The van der Waals surface area contributed by atoms with Gasteiger partial charge in [-0.3, -0.25) is 9.36 Å². The number of benzene rings is 1. The molecule has 1 aromatic heterocycles. The van der Waals surface area contributed by atoms with Gasteiger partial charge in [0, 0.05) is 22.8 Å². The zero-order chi connectivity index (χ0) is 14.2. The predicted octanol–water partition coefficient (Wildman–Crippen LogP) is 2.58. The molecule has 1 N–H and O–H groups in total. The van der Waals surface area contributed by atoms with E-state index in [9.17, 15) is 18.4 Å². The summed E-state index contributed by atoms with van der Waals surface area (Å²) in [5.74, 6) is -3.04. The highest BCUT2D eigenvalue weighted by atomic mass is 79.9. The third-order valence-corrected chi connectivity index (χ3v) is 2.99. The largest absolute Gasteiger partial charge is 0.478 e. The molecule has 0 unspecified atom stereocenters. The maximum absolute atomic E-state index is 13.7. The normalized spacial score (nSPS) is 10.5. The summed E-state index contributed by atoms with van der Waals surface area (Å²) in [6.45, 7) is 0. The van der Waals surface area contributed by atoms with Crippen LogP contribution in [0.25, 0.3) is 5.69 Å². The number of carboxylic acid groups (broad SMARTS) is 1. The molecule has 0 atom stereocenters. The van der Waals surface area contributed by atoms with Crippen LogP contribution in [0.1, 0.15) is 10.4 Å². The Bertz CT molecular complexity index is 704. The van der Waals surface area contributed by atoms with Gasteiger partial charge in [0.1, 0.15) is 5.82 Å². The van der Waals surface area contributed by atoms with Crippen molar-refractivity contribution < 1.29 is 18.7 Å². The van der Waals surface area contributed by atoms with Crippen LogP contribution >= 0.6 is 15.9 Å². The van der Waals surface area contributed by atoms with Crippen molar-refractivity contribution in [2.75, 3.05) is 0 Å². The van der Waals surface area contributed by atoms with Gasteiger partial charge in [-0.1, -0.05) is 0 Å². The lowest BCUT2D eigenvalue weighted by molar-refractivity contribution is 0.0696. The van der Waals surface area contributed by atoms with Gasteiger partial charge in [0.2, 0.25) is 0 Å². The molecular weight excluding hydrogens is 324 g/mol. The van der Waals surface area contributed by atoms with Crippen molar-refractivity contribution in [1.82, 2.24) is 4.57 Å². The molecule has 0 aliphatic carbocycles. The van der Waals surface area contributed by atoms with Crippen LogP contribution in [0, 0.1) is 11.6 Å². The SMILES string of the molecule is O=C(O)c1ccc(=O)n(-c2c(F)cc(F)cc2Br)c1. The molecule has 0 aliphatic rings. The van der Waals surface area contributed by atoms with Crippen LogP contribution in [-0.4, -0.2) is 15.6 Å². The van der Waals surface area contributed by atoms with Gasteiger partial charge in [-0.05, 0) is 28.1 Å². The number of pyridine rings is 1. The standard InChI is InChI=1S/C12H6BrF2NO3/c13-8-3-7(14)4-9(15)11(8)16-5-6(12(18)19)1-2-10(16)17/h1-5H,(H,18,19). The average molecular weight is 330 g/mol. The monoisotopic (exact) mass is 329 g/mol. The van der Waals surface area contributed by atoms with Crippen LogP contribution in [0.4, 0.5) is 8.78 Å². The molecule has 0 saturated carbocycles. The van der Waals surface area contributed by atoms with E-state index in [1.807, 2.05) is 0 Å². The summed E-state index contributed by atoms with van der Waals surface area (Å²) in [6, 6.07) is 3.70. The lowest BCUT2D eigenvalue weighted by atomic mass is 10.2. The van der Waals surface area contributed by atoms with Gasteiger partial charge >= 0.3 is 5.97 Å². The van der Waals surface area contributed by atoms with Crippen LogP contribution in [-0.2, 0) is 0 Å². The predicted molar refractivity (Wildman–Crippen MR) is 66.6 cm³/mol. The first-order valence-electron chi connectivity index (χ1n) is 5.01. The molecule has 1 aromatic carbocycles. The summed E-state index contributed by atoms with van der Waals surface area (Å²) >= 11 is 2.94. The maximum Gasteiger partial charge on any atom is 0.337 e. The second-order valence-electron chi connectivity index (χ2n) is 3.65. The molecule has 0 fully saturated rings. The van der Waals surface area contributed by atoms with E-state index >= 15 is 0 Å². The van der Waals surface area contributed by atoms with E-state index in [1.54, 1.807) is 0 Å². The minimum Gasteiger partial charge on any atom is -0.478 e. The van der Waals surface area contributed by atoms with E-state index in [0.29, 0.717) is 6.07 Å². The second-order valence-corrected chi connectivity index (χ2v) is 4.50. The Labute approximate surface area is 114 Å². The smallest absolute Gasteiger partial charge is 0.337 e. The van der Waals surface area contributed by atoms with Gasteiger partial charge in [-0.2, -0.15) is 0 Å². The lowest BCUT2D eigenvalue weighted by Gasteiger charge is -2.10. The molecule has 7 heteroatoms. The summed E-state index contributed by atoms with van der Waals surface area (Å²) < 4.78 is 27.5. The lowest BCUT2D eigenvalue weighted by Crippen LogP contribution is -2.20. The van der Waals surface area contributed by atoms with Gasteiger partial charge in [0.15, 0.2) is 5.82 Å². The number of aromatic nitrogens is 1. The minimum atomic E-state index is -1.26. The minimum absolute atomic E-state index is 0.00892. The highest BCUT2D eigenvalue weighted by Crippen LogP contribution is 2.24. The highest BCUT2D eigenvalue weighted by molar-refractivity contribution is 9.10. The van der Waals surface area contributed by atoms with Crippen LogP contribution in [0.3, 0.4) is 0 Å². The molecule has 1 heterocycles.